The van der Waals surface area contributed by atoms with E-state index >= 15 is 0 Å². The molecule has 4 fully saturated rings. The summed E-state index contributed by atoms with van der Waals surface area (Å²) in [6.45, 7) is 1.04. The first-order valence-electron chi connectivity index (χ1n) is 7.51. The topological polar surface area (TPSA) is 12.0 Å². The van der Waals surface area contributed by atoms with E-state index in [4.69, 9.17) is 0 Å². The molecule has 1 aromatic rings. The van der Waals surface area contributed by atoms with Crippen LogP contribution < -0.4 is 5.32 Å². The molecule has 2 heteroatoms. The lowest BCUT2D eigenvalue weighted by molar-refractivity contribution is -0.00346. The molecule has 0 unspecified atom stereocenters. The van der Waals surface area contributed by atoms with Gasteiger partial charge in [-0.25, -0.2) is 0 Å². The van der Waals surface area contributed by atoms with Crippen LogP contribution in [0.4, 0.5) is 0 Å². The van der Waals surface area contributed by atoms with E-state index in [2.05, 4.69) is 28.8 Å². The van der Waals surface area contributed by atoms with Crippen LogP contribution in [0.5, 0.6) is 0 Å². The van der Waals surface area contributed by atoms with Crippen LogP contribution in [0, 0.1) is 17.8 Å². The van der Waals surface area contributed by atoms with E-state index < -0.39 is 0 Å². The van der Waals surface area contributed by atoms with Crippen molar-refractivity contribution in [1.29, 1.82) is 0 Å². The van der Waals surface area contributed by atoms with Crippen LogP contribution in [0.15, 0.2) is 12.1 Å². The first-order valence-corrected chi connectivity index (χ1v) is 8.33. The van der Waals surface area contributed by atoms with E-state index in [9.17, 15) is 0 Å². The predicted octanol–water partition coefficient (Wildman–Crippen LogP) is 3.94. The molecule has 0 aliphatic heterocycles. The quantitative estimate of drug-likeness (QED) is 0.869. The fourth-order valence-electron chi connectivity index (χ4n) is 5.34. The SMILES string of the molecule is CNCc1ccc(C23CC4CC(CC(C4)C2)C3)s1. The predicted molar refractivity (Wildman–Crippen MR) is 76.9 cm³/mol. The van der Waals surface area contributed by atoms with Crippen LogP contribution in [0.2, 0.25) is 0 Å². The minimum atomic E-state index is 0.603. The Morgan fingerprint density at radius 3 is 2.28 bits per heavy atom. The summed E-state index contributed by atoms with van der Waals surface area (Å²) in [6.07, 6.45) is 9.14. The molecule has 4 aliphatic rings. The van der Waals surface area contributed by atoms with Crippen molar-refractivity contribution >= 4 is 11.3 Å². The number of nitrogens with one attached hydrogen (secondary N) is 1. The maximum atomic E-state index is 3.28. The van der Waals surface area contributed by atoms with Gasteiger partial charge in [0.2, 0.25) is 0 Å². The summed E-state index contributed by atoms with van der Waals surface area (Å²) < 4.78 is 0. The minimum Gasteiger partial charge on any atom is -0.315 e. The van der Waals surface area contributed by atoms with Gasteiger partial charge >= 0.3 is 0 Å². The Bertz CT molecular complexity index is 412. The Kier molecular flexibility index (Phi) is 2.60. The van der Waals surface area contributed by atoms with Gasteiger partial charge in [-0.3, -0.25) is 0 Å². The van der Waals surface area contributed by atoms with E-state index in [1.807, 2.05) is 7.05 Å². The molecule has 0 aromatic carbocycles. The lowest BCUT2D eigenvalue weighted by atomic mass is 9.49. The van der Waals surface area contributed by atoms with E-state index in [0.717, 1.165) is 24.3 Å². The summed E-state index contributed by atoms with van der Waals surface area (Å²) in [5, 5.41) is 3.28. The lowest BCUT2D eigenvalue weighted by Gasteiger charge is -2.56. The maximum absolute atomic E-state index is 3.28. The second-order valence-electron chi connectivity index (χ2n) is 6.99. The molecule has 0 spiro atoms. The summed E-state index contributed by atoms with van der Waals surface area (Å²) in [5.41, 5.74) is 0.603. The van der Waals surface area contributed by atoms with Gasteiger partial charge in [0, 0.05) is 21.7 Å². The highest BCUT2D eigenvalue weighted by molar-refractivity contribution is 7.12. The van der Waals surface area contributed by atoms with E-state index in [-0.39, 0.29) is 0 Å². The van der Waals surface area contributed by atoms with Crippen LogP contribution in [-0.2, 0) is 12.0 Å². The van der Waals surface area contributed by atoms with Crippen molar-refractivity contribution in [2.75, 3.05) is 7.05 Å². The smallest absolute Gasteiger partial charge is 0.0296 e. The minimum absolute atomic E-state index is 0.603. The molecule has 4 aliphatic carbocycles. The van der Waals surface area contributed by atoms with Gasteiger partial charge in [-0.2, -0.15) is 0 Å². The van der Waals surface area contributed by atoms with Gasteiger partial charge in [-0.05, 0) is 75.5 Å². The number of rotatable bonds is 3. The van der Waals surface area contributed by atoms with Crippen molar-refractivity contribution < 1.29 is 0 Å². The Balaban J connectivity index is 1.66. The zero-order chi connectivity index (χ0) is 12.2. The summed E-state index contributed by atoms with van der Waals surface area (Å²) in [7, 11) is 2.05. The average molecular weight is 261 g/mol. The summed E-state index contributed by atoms with van der Waals surface area (Å²) in [4.78, 5) is 3.23. The molecular weight excluding hydrogens is 238 g/mol. The molecule has 0 radical (unpaired) electrons. The third-order valence-corrected chi connectivity index (χ3v) is 6.91. The largest absolute Gasteiger partial charge is 0.315 e. The Labute approximate surface area is 114 Å². The van der Waals surface area contributed by atoms with Crippen LogP contribution in [-0.4, -0.2) is 7.05 Å². The summed E-state index contributed by atoms with van der Waals surface area (Å²) >= 11 is 2.08. The first-order chi connectivity index (χ1) is 8.77. The van der Waals surface area contributed by atoms with Crippen molar-refractivity contribution in [3.8, 4) is 0 Å². The van der Waals surface area contributed by atoms with E-state index in [1.165, 1.54) is 24.1 Å². The number of thiophene rings is 1. The third kappa shape index (κ3) is 1.69. The third-order valence-electron chi connectivity index (χ3n) is 5.57. The first kappa shape index (κ1) is 11.5. The highest BCUT2D eigenvalue weighted by Gasteiger charge is 2.52. The molecule has 4 bridgehead atoms. The molecule has 1 N–H and O–H groups in total. The standard InChI is InChI=1S/C16H23NS/c1-17-10-14-2-3-15(18-14)16-7-11-4-12(8-16)6-13(5-11)9-16/h2-3,11-13,17H,4-10H2,1H3. The van der Waals surface area contributed by atoms with Gasteiger partial charge < -0.3 is 5.32 Å². The Hall–Kier alpha value is -0.340. The van der Waals surface area contributed by atoms with Crippen LogP contribution in [0.25, 0.3) is 0 Å². The van der Waals surface area contributed by atoms with Gasteiger partial charge in [-0.15, -0.1) is 11.3 Å². The second kappa shape index (κ2) is 4.08. The molecule has 1 heterocycles. The normalized spacial score (nSPS) is 41.5. The van der Waals surface area contributed by atoms with Gasteiger partial charge in [0.25, 0.3) is 0 Å². The molecule has 1 aromatic heterocycles. The zero-order valence-electron chi connectivity index (χ0n) is 11.2. The van der Waals surface area contributed by atoms with Gasteiger partial charge in [-0.1, -0.05) is 0 Å². The highest BCUT2D eigenvalue weighted by Crippen LogP contribution is 2.61. The van der Waals surface area contributed by atoms with Crippen molar-refractivity contribution in [1.82, 2.24) is 5.32 Å². The monoisotopic (exact) mass is 261 g/mol. The average Bonchev–Trinajstić information content (AvgIpc) is 2.77. The lowest BCUT2D eigenvalue weighted by Crippen LogP contribution is -2.48. The molecule has 5 rings (SSSR count). The fourth-order valence-corrected chi connectivity index (χ4v) is 6.58. The van der Waals surface area contributed by atoms with Crippen LogP contribution in [0.1, 0.15) is 48.3 Å². The number of hydrogen-bond donors (Lipinski definition) is 1. The summed E-state index contributed by atoms with van der Waals surface area (Å²) in [6, 6.07) is 4.81. The van der Waals surface area contributed by atoms with E-state index in [1.54, 1.807) is 24.1 Å². The van der Waals surface area contributed by atoms with Gasteiger partial charge in [0.05, 0.1) is 0 Å². The molecule has 98 valence electrons. The van der Waals surface area contributed by atoms with E-state index in [0.29, 0.717) is 5.41 Å². The fraction of sp³-hybridized carbons (Fsp3) is 0.750. The van der Waals surface area contributed by atoms with Gasteiger partial charge in [0.1, 0.15) is 0 Å². The van der Waals surface area contributed by atoms with Crippen molar-refractivity contribution in [3.05, 3.63) is 21.9 Å². The van der Waals surface area contributed by atoms with Crippen molar-refractivity contribution in [3.63, 3.8) is 0 Å². The Morgan fingerprint density at radius 1 is 1.11 bits per heavy atom. The molecule has 18 heavy (non-hydrogen) atoms. The van der Waals surface area contributed by atoms with Crippen LogP contribution >= 0.6 is 11.3 Å². The molecule has 0 saturated heterocycles. The summed E-state index contributed by atoms with van der Waals surface area (Å²) in [5.74, 6) is 3.18. The maximum Gasteiger partial charge on any atom is 0.0296 e. The molecule has 4 saturated carbocycles. The zero-order valence-corrected chi connectivity index (χ0v) is 12.1. The molecule has 0 atom stereocenters. The second-order valence-corrected chi connectivity index (χ2v) is 8.16. The number of hydrogen-bond acceptors (Lipinski definition) is 2. The molecular formula is C16H23NS. The highest BCUT2D eigenvalue weighted by atomic mass is 32.1. The molecule has 1 nitrogen and oxygen atoms in total. The van der Waals surface area contributed by atoms with Crippen LogP contribution in [0.3, 0.4) is 0 Å². The van der Waals surface area contributed by atoms with Crippen molar-refractivity contribution in [2.45, 2.75) is 50.5 Å². The van der Waals surface area contributed by atoms with Crippen molar-refractivity contribution in [2.24, 2.45) is 17.8 Å². The van der Waals surface area contributed by atoms with Gasteiger partial charge in [0.15, 0.2) is 0 Å². The molecule has 0 amide bonds. The Morgan fingerprint density at radius 2 is 1.72 bits per heavy atom.